The molecule has 0 saturated heterocycles. The fourth-order valence-corrected chi connectivity index (χ4v) is 3.55. The molecule has 0 fully saturated rings. The van der Waals surface area contributed by atoms with Crippen LogP contribution in [0.4, 0.5) is 17.2 Å². The van der Waals surface area contributed by atoms with Gasteiger partial charge < -0.3 is 16.0 Å². The number of carbonyl (C=O) groups excluding carboxylic acids is 2. The molecule has 0 aliphatic carbocycles. The first kappa shape index (κ1) is 17.8. The van der Waals surface area contributed by atoms with Crippen LogP contribution in [0.1, 0.15) is 38.8 Å². The van der Waals surface area contributed by atoms with E-state index >= 15 is 0 Å². The zero-order valence-electron chi connectivity index (χ0n) is 15.8. The lowest BCUT2D eigenvalue weighted by molar-refractivity contribution is 0.0978. The number of nitrogens with one attached hydrogen (secondary N) is 1. The Labute approximate surface area is 162 Å². The molecule has 0 radical (unpaired) electrons. The molecule has 0 atom stereocenters. The third-order valence-electron chi connectivity index (χ3n) is 5.03. The Balaban J connectivity index is 1.79. The number of hydrogen-bond acceptors (Lipinski definition) is 4. The third-order valence-corrected chi connectivity index (χ3v) is 5.03. The summed E-state index contributed by atoms with van der Waals surface area (Å²) in [5.41, 5.74) is 9.74. The maximum atomic E-state index is 13.4. The summed E-state index contributed by atoms with van der Waals surface area (Å²) in [6.07, 6.45) is 2.38. The van der Waals surface area contributed by atoms with Crippen molar-refractivity contribution in [2.75, 3.05) is 10.2 Å². The molecule has 0 saturated carbocycles. The van der Waals surface area contributed by atoms with Gasteiger partial charge in [0.05, 0.1) is 24.1 Å². The Bertz CT molecular complexity index is 1090. The molecule has 3 aromatic rings. The third kappa shape index (κ3) is 2.90. The van der Waals surface area contributed by atoms with Gasteiger partial charge in [-0.3, -0.25) is 14.3 Å². The molecule has 7 heteroatoms. The fraction of sp³-hybridized carbons (Fsp3) is 0.190. The van der Waals surface area contributed by atoms with E-state index in [1.165, 1.54) is 0 Å². The van der Waals surface area contributed by atoms with Gasteiger partial charge in [0.1, 0.15) is 5.82 Å². The van der Waals surface area contributed by atoms with Crippen molar-refractivity contribution < 1.29 is 9.59 Å². The number of para-hydroxylation sites is 2. The van der Waals surface area contributed by atoms with E-state index in [-0.39, 0.29) is 5.91 Å². The molecule has 0 unspecified atom stereocenters. The SMILES string of the molecule is CCc1cc(C(=O)N2Cc3cnn(C)c3Nc3ccccc32)ccc1C(N)=O. The second kappa shape index (κ2) is 6.84. The molecule has 0 bridgehead atoms. The van der Waals surface area contributed by atoms with Crippen molar-refractivity contribution in [3.8, 4) is 0 Å². The Kier molecular flexibility index (Phi) is 4.35. The normalized spacial score (nSPS) is 12.6. The number of carbonyl (C=O) groups is 2. The van der Waals surface area contributed by atoms with Crippen molar-refractivity contribution in [2.45, 2.75) is 19.9 Å². The van der Waals surface area contributed by atoms with E-state index in [4.69, 9.17) is 5.73 Å². The van der Waals surface area contributed by atoms with Crippen molar-refractivity contribution in [3.05, 3.63) is 70.9 Å². The van der Waals surface area contributed by atoms with E-state index in [9.17, 15) is 9.59 Å². The molecule has 2 heterocycles. The molecule has 1 aliphatic rings. The average molecular weight is 375 g/mol. The summed E-state index contributed by atoms with van der Waals surface area (Å²) in [6.45, 7) is 2.33. The van der Waals surface area contributed by atoms with E-state index in [2.05, 4.69) is 10.4 Å². The van der Waals surface area contributed by atoms with Crippen LogP contribution in [-0.4, -0.2) is 21.6 Å². The monoisotopic (exact) mass is 375 g/mol. The fourth-order valence-electron chi connectivity index (χ4n) is 3.55. The minimum absolute atomic E-state index is 0.142. The van der Waals surface area contributed by atoms with E-state index in [0.29, 0.717) is 24.1 Å². The number of aryl methyl sites for hydroxylation is 2. The Morgan fingerprint density at radius 2 is 2.00 bits per heavy atom. The molecular weight excluding hydrogens is 354 g/mol. The summed E-state index contributed by atoms with van der Waals surface area (Å²) in [5, 5.41) is 7.68. The van der Waals surface area contributed by atoms with Crippen LogP contribution in [0.3, 0.4) is 0 Å². The number of nitrogens with zero attached hydrogens (tertiary/aromatic N) is 3. The van der Waals surface area contributed by atoms with Gasteiger partial charge in [0.25, 0.3) is 5.91 Å². The Morgan fingerprint density at radius 3 is 2.75 bits per heavy atom. The highest BCUT2D eigenvalue weighted by Gasteiger charge is 2.27. The van der Waals surface area contributed by atoms with Crippen LogP contribution >= 0.6 is 0 Å². The smallest absolute Gasteiger partial charge is 0.258 e. The van der Waals surface area contributed by atoms with Crippen molar-refractivity contribution in [1.82, 2.24) is 9.78 Å². The predicted molar refractivity (Wildman–Crippen MR) is 108 cm³/mol. The molecule has 1 aliphatic heterocycles. The van der Waals surface area contributed by atoms with Gasteiger partial charge in [-0.15, -0.1) is 0 Å². The summed E-state index contributed by atoms with van der Waals surface area (Å²) >= 11 is 0. The Morgan fingerprint density at radius 1 is 1.21 bits per heavy atom. The van der Waals surface area contributed by atoms with Crippen LogP contribution < -0.4 is 16.0 Å². The average Bonchev–Trinajstić information content (AvgIpc) is 2.95. The Hall–Kier alpha value is -3.61. The molecule has 2 amide bonds. The molecule has 0 spiro atoms. The van der Waals surface area contributed by atoms with Crippen molar-refractivity contribution in [2.24, 2.45) is 12.8 Å². The van der Waals surface area contributed by atoms with E-state index < -0.39 is 5.91 Å². The van der Waals surface area contributed by atoms with E-state index in [1.807, 2.05) is 38.2 Å². The molecule has 3 N–H and O–H groups in total. The zero-order valence-corrected chi connectivity index (χ0v) is 15.8. The van der Waals surface area contributed by atoms with Gasteiger partial charge in [-0.25, -0.2) is 0 Å². The summed E-state index contributed by atoms with van der Waals surface area (Å²) in [6, 6.07) is 12.7. The summed E-state index contributed by atoms with van der Waals surface area (Å²) in [5.74, 6) is 0.234. The minimum Gasteiger partial charge on any atom is -0.366 e. The largest absolute Gasteiger partial charge is 0.366 e. The summed E-state index contributed by atoms with van der Waals surface area (Å²) in [7, 11) is 1.86. The van der Waals surface area contributed by atoms with Gasteiger partial charge >= 0.3 is 0 Å². The summed E-state index contributed by atoms with van der Waals surface area (Å²) < 4.78 is 1.76. The second-order valence-electron chi connectivity index (χ2n) is 6.77. The number of primary amides is 1. The van der Waals surface area contributed by atoms with Crippen LogP contribution in [0.25, 0.3) is 0 Å². The number of aromatic nitrogens is 2. The number of fused-ring (bicyclic) bond motifs is 2. The summed E-state index contributed by atoms with van der Waals surface area (Å²) in [4.78, 5) is 26.8. The highest BCUT2D eigenvalue weighted by Crippen LogP contribution is 2.36. The molecule has 142 valence electrons. The first-order valence-electron chi connectivity index (χ1n) is 9.11. The number of benzene rings is 2. The standard InChI is InChI=1S/C21H21N5O2/c1-3-13-10-14(8-9-16(13)19(22)27)21(28)26-12-15-11-23-25(2)20(15)24-17-6-4-5-7-18(17)26/h4-11,24H,3,12H2,1-2H3,(H2,22,27). The molecule has 1 aromatic heterocycles. The van der Waals surface area contributed by atoms with Gasteiger partial charge in [-0.1, -0.05) is 19.1 Å². The van der Waals surface area contributed by atoms with Crippen LogP contribution in [0, 0.1) is 0 Å². The first-order chi connectivity index (χ1) is 13.5. The number of rotatable bonds is 3. The van der Waals surface area contributed by atoms with E-state index in [0.717, 1.165) is 28.3 Å². The van der Waals surface area contributed by atoms with Crippen molar-refractivity contribution in [1.29, 1.82) is 0 Å². The van der Waals surface area contributed by atoms with Gasteiger partial charge in [0.15, 0.2) is 0 Å². The maximum Gasteiger partial charge on any atom is 0.258 e. The van der Waals surface area contributed by atoms with Crippen LogP contribution in [0.2, 0.25) is 0 Å². The lowest BCUT2D eigenvalue weighted by atomic mass is 10.0. The van der Waals surface area contributed by atoms with Gasteiger partial charge in [-0.05, 0) is 42.3 Å². The zero-order chi connectivity index (χ0) is 19.8. The van der Waals surface area contributed by atoms with Crippen molar-refractivity contribution in [3.63, 3.8) is 0 Å². The van der Waals surface area contributed by atoms with Crippen LogP contribution in [-0.2, 0) is 20.0 Å². The molecule has 4 rings (SSSR count). The molecule has 7 nitrogen and oxygen atoms in total. The number of nitrogens with two attached hydrogens (primary N) is 1. The topological polar surface area (TPSA) is 93.2 Å². The lowest BCUT2D eigenvalue weighted by Crippen LogP contribution is -2.30. The maximum absolute atomic E-state index is 13.4. The van der Waals surface area contributed by atoms with Gasteiger partial charge in [0.2, 0.25) is 5.91 Å². The molecular formula is C21H21N5O2. The second-order valence-corrected chi connectivity index (χ2v) is 6.77. The molecule has 2 aromatic carbocycles. The van der Waals surface area contributed by atoms with Gasteiger partial charge in [-0.2, -0.15) is 5.10 Å². The van der Waals surface area contributed by atoms with Crippen LogP contribution in [0.15, 0.2) is 48.7 Å². The number of anilines is 3. The predicted octanol–water partition coefficient (Wildman–Crippen LogP) is 2.99. The molecule has 28 heavy (non-hydrogen) atoms. The highest BCUT2D eigenvalue weighted by molar-refractivity contribution is 6.09. The quantitative estimate of drug-likeness (QED) is 0.736. The minimum atomic E-state index is -0.486. The number of amides is 2. The number of hydrogen-bond donors (Lipinski definition) is 2. The first-order valence-corrected chi connectivity index (χ1v) is 9.11. The van der Waals surface area contributed by atoms with Gasteiger partial charge in [0, 0.05) is 23.7 Å². The van der Waals surface area contributed by atoms with Crippen molar-refractivity contribution >= 4 is 29.0 Å². The van der Waals surface area contributed by atoms with E-state index in [1.54, 1.807) is 34.0 Å². The lowest BCUT2D eigenvalue weighted by Gasteiger charge is -2.23. The van der Waals surface area contributed by atoms with Crippen LogP contribution in [0.5, 0.6) is 0 Å². The highest BCUT2D eigenvalue weighted by atomic mass is 16.2.